The Morgan fingerprint density at radius 3 is 2.50 bits per heavy atom. The Bertz CT molecular complexity index is 1220. The molecule has 0 aliphatic rings. The third kappa shape index (κ3) is 5.07. The fraction of sp³-hybridized carbons (Fsp3) is 0.130. The molecule has 4 aromatic rings. The monoisotopic (exact) mass is 471 g/mol. The second-order valence-electron chi connectivity index (χ2n) is 6.57. The maximum Gasteiger partial charge on any atom is 0.204 e. The van der Waals surface area contributed by atoms with Gasteiger partial charge in [0.15, 0.2) is 22.9 Å². The average Bonchev–Trinajstić information content (AvgIpc) is 3.24. The van der Waals surface area contributed by atoms with Crippen LogP contribution in [0.3, 0.4) is 0 Å². The third-order valence-electron chi connectivity index (χ3n) is 4.63. The van der Waals surface area contributed by atoms with Crippen molar-refractivity contribution in [1.29, 1.82) is 0 Å². The summed E-state index contributed by atoms with van der Waals surface area (Å²) in [4.78, 5) is 29.4. The predicted octanol–water partition coefficient (Wildman–Crippen LogP) is 5.12. The second kappa shape index (κ2) is 10.7. The van der Waals surface area contributed by atoms with Crippen LogP contribution < -0.4 is 10.5 Å². The van der Waals surface area contributed by atoms with Crippen LogP contribution in [-0.2, 0) is 11.2 Å². The lowest BCUT2D eigenvalue weighted by atomic mass is 10.0. The summed E-state index contributed by atoms with van der Waals surface area (Å²) in [6.07, 6.45) is 7.64. The highest BCUT2D eigenvalue weighted by Gasteiger charge is 2.20. The molecule has 0 saturated carbocycles. The normalized spacial score (nSPS) is 10.3. The summed E-state index contributed by atoms with van der Waals surface area (Å²) in [6, 6.07) is 9.10. The van der Waals surface area contributed by atoms with Crippen LogP contribution in [0.1, 0.15) is 22.5 Å². The minimum atomic E-state index is -0.107. The minimum Gasteiger partial charge on any atom is -0.493 e. The summed E-state index contributed by atoms with van der Waals surface area (Å²) < 4.78 is 11.3. The molecule has 0 aliphatic carbocycles. The highest BCUT2D eigenvalue weighted by Crippen LogP contribution is 2.41. The smallest absolute Gasteiger partial charge is 0.204 e. The Kier molecular flexibility index (Phi) is 7.81. The first-order valence-corrected chi connectivity index (χ1v) is 10.2. The van der Waals surface area contributed by atoms with Gasteiger partial charge in [0, 0.05) is 42.2 Å². The highest BCUT2D eigenvalue weighted by molar-refractivity contribution is 6.39. The molecule has 0 unspecified atom stereocenters. The van der Waals surface area contributed by atoms with Crippen molar-refractivity contribution >= 4 is 46.4 Å². The minimum absolute atomic E-state index is 0.107. The molecule has 1 amide bonds. The van der Waals surface area contributed by atoms with Crippen LogP contribution in [-0.4, -0.2) is 29.3 Å². The molecule has 32 heavy (non-hydrogen) atoms. The number of aromatic nitrogens is 2. The lowest BCUT2D eigenvalue weighted by Crippen LogP contribution is -1.99. The van der Waals surface area contributed by atoms with Crippen molar-refractivity contribution in [1.82, 2.24) is 9.97 Å². The number of furan rings is 1. The van der Waals surface area contributed by atoms with Crippen molar-refractivity contribution in [3.05, 3.63) is 76.5 Å². The molecule has 3 aromatic heterocycles. The standard InChI is InChI=1S/C22H16Cl2N2O3.CH3NO/c1-28-19-7-5-14(21-16(23)11-26-12-17(21)24)15-9-20(29-22(15)19)18(27)6-4-13-3-2-8-25-10-13;2-1-3/h2-3,5,7-12H,4,6H2,1H3;1H,(H2,2,3). The molecule has 0 aliphatic heterocycles. The van der Waals surface area contributed by atoms with E-state index >= 15 is 0 Å². The molecule has 0 fully saturated rings. The Balaban J connectivity index is 0.000000913. The Labute approximate surface area is 194 Å². The number of halogens is 2. The quantitative estimate of drug-likeness (QED) is 0.308. The van der Waals surface area contributed by atoms with Crippen molar-refractivity contribution in [2.45, 2.75) is 12.8 Å². The number of benzene rings is 1. The molecular formula is C23H19Cl2N3O4. The molecule has 0 bridgehead atoms. The van der Waals surface area contributed by atoms with Gasteiger partial charge in [0.2, 0.25) is 6.41 Å². The molecule has 3 heterocycles. The summed E-state index contributed by atoms with van der Waals surface area (Å²) in [5.41, 5.74) is 7.00. The summed E-state index contributed by atoms with van der Waals surface area (Å²) in [6.45, 7) is 0. The number of nitrogens with two attached hydrogens (primary N) is 1. The van der Waals surface area contributed by atoms with Gasteiger partial charge in [-0.05, 0) is 41.8 Å². The lowest BCUT2D eigenvalue weighted by molar-refractivity contribution is -0.106. The first kappa shape index (κ1) is 23.2. The third-order valence-corrected chi connectivity index (χ3v) is 5.20. The van der Waals surface area contributed by atoms with E-state index in [0.717, 1.165) is 11.1 Å². The van der Waals surface area contributed by atoms with Crippen molar-refractivity contribution in [2.24, 2.45) is 5.73 Å². The van der Waals surface area contributed by atoms with Crippen molar-refractivity contribution in [3.63, 3.8) is 0 Å². The van der Waals surface area contributed by atoms with Crippen LogP contribution in [0.15, 0.2) is 59.5 Å². The zero-order valence-electron chi connectivity index (χ0n) is 17.0. The topological polar surface area (TPSA) is 108 Å². The van der Waals surface area contributed by atoms with E-state index in [4.69, 9.17) is 37.2 Å². The number of ketones is 1. The van der Waals surface area contributed by atoms with Crippen LogP contribution in [0.5, 0.6) is 5.75 Å². The van der Waals surface area contributed by atoms with Gasteiger partial charge in [-0.1, -0.05) is 29.3 Å². The maximum atomic E-state index is 12.8. The van der Waals surface area contributed by atoms with E-state index in [1.165, 1.54) is 12.4 Å². The van der Waals surface area contributed by atoms with E-state index in [-0.39, 0.29) is 18.0 Å². The number of Topliss-reactive ketones (excluding diaryl/α,β-unsaturated/α-hetero) is 1. The van der Waals surface area contributed by atoms with Crippen LogP contribution >= 0.6 is 23.2 Å². The average molecular weight is 472 g/mol. The van der Waals surface area contributed by atoms with Crippen molar-refractivity contribution < 1.29 is 18.7 Å². The van der Waals surface area contributed by atoms with Gasteiger partial charge in [-0.15, -0.1) is 0 Å². The number of methoxy groups -OCH3 is 1. The van der Waals surface area contributed by atoms with Gasteiger partial charge in [-0.25, -0.2) is 0 Å². The zero-order chi connectivity index (χ0) is 23.1. The van der Waals surface area contributed by atoms with Crippen molar-refractivity contribution in [3.8, 4) is 16.9 Å². The molecule has 0 spiro atoms. The number of aryl methyl sites for hydroxylation is 1. The van der Waals surface area contributed by atoms with Crippen molar-refractivity contribution in [2.75, 3.05) is 7.11 Å². The Hall–Kier alpha value is -3.42. The maximum absolute atomic E-state index is 12.8. The van der Waals surface area contributed by atoms with E-state index in [9.17, 15) is 4.79 Å². The van der Waals surface area contributed by atoms with E-state index in [2.05, 4.69) is 15.7 Å². The largest absolute Gasteiger partial charge is 0.493 e. The number of ether oxygens (including phenoxy) is 1. The number of nitrogens with zero attached hydrogens (tertiary/aromatic N) is 2. The molecule has 0 saturated heterocycles. The number of pyridine rings is 2. The van der Waals surface area contributed by atoms with E-state index in [0.29, 0.717) is 45.2 Å². The number of amides is 1. The van der Waals surface area contributed by atoms with Gasteiger partial charge in [0.1, 0.15) is 0 Å². The summed E-state index contributed by atoms with van der Waals surface area (Å²) >= 11 is 12.7. The predicted molar refractivity (Wildman–Crippen MR) is 123 cm³/mol. The van der Waals surface area contributed by atoms with Crippen LogP contribution in [0.25, 0.3) is 22.1 Å². The molecule has 7 nitrogen and oxygen atoms in total. The Morgan fingerprint density at radius 1 is 1.16 bits per heavy atom. The Morgan fingerprint density at radius 2 is 1.88 bits per heavy atom. The van der Waals surface area contributed by atoms with Gasteiger partial charge in [-0.2, -0.15) is 0 Å². The van der Waals surface area contributed by atoms with Crippen LogP contribution in [0, 0.1) is 0 Å². The fourth-order valence-electron chi connectivity index (χ4n) is 3.21. The number of rotatable bonds is 6. The SMILES string of the molecule is COc1ccc(-c2c(Cl)cncc2Cl)c2cc(C(=O)CCc3cccnc3)oc12.NC=O. The summed E-state index contributed by atoms with van der Waals surface area (Å²) in [7, 11) is 1.55. The number of hydrogen-bond donors (Lipinski definition) is 1. The number of hydrogen-bond acceptors (Lipinski definition) is 6. The molecule has 2 N–H and O–H groups in total. The molecule has 9 heteroatoms. The molecule has 4 rings (SSSR count). The molecule has 0 atom stereocenters. The molecule has 164 valence electrons. The second-order valence-corrected chi connectivity index (χ2v) is 7.38. The van der Waals surface area contributed by atoms with E-state index in [1.54, 1.807) is 31.6 Å². The van der Waals surface area contributed by atoms with E-state index < -0.39 is 0 Å². The number of fused-ring (bicyclic) bond motifs is 1. The summed E-state index contributed by atoms with van der Waals surface area (Å²) in [5, 5.41) is 1.52. The molecule has 1 aromatic carbocycles. The lowest BCUT2D eigenvalue weighted by Gasteiger charge is -2.09. The van der Waals surface area contributed by atoms with Gasteiger partial charge in [0.25, 0.3) is 0 Å². The molecular weight excluding hydrogens is 453 g/mol. The van der Waals surface area contributed by atoms with Gasteiger partial charge in [-0.3, -0.25) is 19.6 Å². The van der Waals surface area contributed by atoms with Gasteiger partial charge < -0.3 is 14.9 Å². The van der Waals surface area contributed by atoms with Gasteiger partial charge >= 0.3 is 0 Å². The molecule has 0 radical (unpaired) electrons. The first-order valence-electron chi connectivity index (χ1n) is 9.47. The number of carbonyl (C=O) groups excluding carboxylic acids is 2. The zero-order valence-corrected chi connectivity index (χ0v) is 18.6. The summed E-state index contributed by atoms with van der Waals surface area (Å²) in [5.74, 6) is 0.678. The highest BCUT2D eigenvalue weighted by atomic mass is 35.5. The van der Waals surface area contributed by atoms with Crippen LogP contribution in [0.2, 0.25) is 10.0 Å². The first-order chi connectivity index (χ1) is 15.5. The van der Waals surface area contributed by atoms with Crippen LogP contribution in [0.4, 0.5) is 0 Å². The fourth-order valence-corrected chi connectivity index (χ4v) is 3.78. The van der Waals surface area contributed by atoms with E-state index in [1.807, 2.05) is 18.2 Å². The number of primary amides is 1. The number of carbonyl (C=O) groups is 2. The van der Waals surface area contributed by atoms with Gasteiger partial charge in [0.05, 0.1) is 17.2 Å².